The minimum atomic E-state index is 0.0277. The van der Waals surface area contributed by atoms with Crippen molar-refractivity contribution in [3.05, 3.63) is 6.20 Å². The van der Waals surface area contributed by atoms with Gasteiger partial charge < -0.3 is 10.2 Å². The van der Waals surface area contributed by atoms with Crippen molar-refractivity contribution in [3.63, 3.8) is 0 Å². The normalized spacial score (nSPS) is 14.6. The summed E-state index contributed by atoms with van der Waals surface area (Å²) < 4.78 is 1.88. The summed E-state index contributed by atoms with van der Waals surface area (Å²) in [4.78, 5) is 23.8. The van der Waals surface area contributed by atoms with Crippen LogP contribution in [0.4, 0.5) is 5.82 Å². The van der Waals surface area contributed by atoms with Gasteiger partial charge in [-0.15, -0.1) is 11.6 Å². The average Bonchev–Trinajstić information content (AvgIpc) is 3.13. The molecule has 7 nitrogen and oxygen atoms in total. The molecular formula is C19H29ClN6OS. The van der Waals surface area contributed by atoms with Crippen LogP contribution in [0.25, 0.3) is 11.0 Å². The van der Waals surface area contributed by atoms with Crippen LogP contribution in [0, 0.1) is 0 Å². The molecule has 1 saturated heterocycles. The van der Waals surface area contributed by atoms with Gasteiger partial charge in [0.1, 0.15) is 5.82 Å². The first kappa shape index (κ1) is 21.2. The van der Waals surface area contributed by atoms with Gasteiger partial charge in [0.2, 0.25) is 5.91 Å². The molecule has 3 rings (SSSR count). The summed E-state index contributed by atoms with van der Waals surface area (Å²) in [6.45, 7) is 5.34. The molecule has 2 aromatic heterocycles. The highest BCUT2D eigenvalue weighted by molar-refractivity contribution is 7.99. The number of aromatic nitrogens is 4. The summed E-state index contributed by atoms with van der Waals surface area (Å²) in [7, 11) is 0. The van der Waals surface area contributed by atoms with Gasteiger partial charge in [0.25, 0.3) is 0 Å². The topological polar surface area (TPSA) is 75.9 Å². The van der Waals surface area contributed by atoms with Gasteiger partial charge in [-0.1, -0.05) is 18.7 Å². The highest BCUT2D eigenvalue weighted by atomic mass is 35.5. The molecule has 2 aromatic rings. The van der Waals surface area contributed by atoms with Crippen LogP contribution in [0.1, 0.15) is 45.4 Å². The summed E-state index contributed by atoms with van der Waals surface area (Å²) in [6.07, 6.45) is 7.79. The molecule has 0 radical (unpaired) electrons. The van der Waals surface area contributed by atoms with Crippen molar-refractivity contribution in [2.45, 2.75) is 57.1 Å². The molecule has 1 aliphatic heterocycles. The molecule has 0 spiro atoms. The van der Waals surface area contributed by atoms with Crippen LogP contribution in [-0.2, 0) is 11.3 Å². The number of hydrogen-bond acceptors (Lipinski definition) is 6. The van der Waals surface area contributed by atoms with Crippen molar-refractivity contribution in [2.75, 3.05) is 36.2 Å². The molecule has 0 atom stereocenters. The van der Waals surface area contributed by atoms with E-state index in [0.29, 0.717) is 31.8 Å². The number of hydrogen-bond donors (Lipinski definition) is 1. The van der Waals surface area contributed by atoms with Crippen molar-refractivity contribution in [1.29, 1.82) is 0 Å². The quantitative estimate of drug-likeness (QED) is 0.357. The fourth-order valence-corrected chi connectivity index (χ4v) is 4.13. The van der Waals surface area contributed by atoms with Crippen LogP contribution in [-0.4, -0.2) is 56.9 Å². The van der Waals surface area contributed by atoms with Crippen molar-refractivity contribution in [3.8, 4) is 0 Å². The third kappa shape index (κ3) is 5.50. The van der Waals surface area contributed by atoms with Crippen molar-refractivity contribution < 1.29 is 4.79 Å². The molecule has 3 heterocycles. The Morgan fingerprint density at radius 3 is 2.86 bits per heavy atom. The average molecular weight is 425 g/mol. The number of carbonyl (C=O) groups is 1. The zero-order valence-electron chi connectivity index (χ0n) is 16.5. The summed E-state index contributed by atoms with van der Waals surface area (Å²) >= 11 is 7.33. The first-order chi connectivity index (χ1) is 13.7. The Bertz CT molecular complexity index is 777. The van der Waals surface area contributed by atoms with E-state index < -0.39 is 0 Å². The molecule has 154 valence electrons. The number of nitrogens with zero attached hydrogens (tertiary/aromatic N) is 5. The fraction of sp³-hybridized carbons (Fsp3) is 0.684. The highest BCUT2D eigenvalue weighted by Gasteiger charge is 2.20. The molecule has 0 unspecified atom stereocenters. The van der Waals surface area contributed by atoms with Gasteiger partial charge >= 0.3 is 0 Å². The van der Waals surface area contributed by atoms with Gasteiger partial charge in [0.15, 0.2) is 10.8 Å². The Morgan fingerprint density at radius 1 is 1.29 bits per heavy atom. The number of alkyl halides is 1. The Hall–Kier alpha value is -1.54. The van der Waals surface area contributed by atoms with E-state index in [0.717, 1.165) is 47.3 Å². The molecule has 1 fully saturated rings. The maximum atomic E-state index is 11.8. The minimum Gasteiger partial charge on any atom is -0.356 e. The lowest BCUT2D eigenvalue weighted by Crippen LogP contribution is -2.30. The Kier molecular flexibility index (Phi) is 8.21. The van der Waals surface area contributed by atoms with E-state index in [9.17, 15) is 4.79 Å². The molecule has 0 aliphatic carbocycles. The van der Waals surface area contributed by atoms with E-state index >= 15 is 0 Å². The number of nitrogens with one attached hydrogen (secondary N) is 1. The monoisotopic (exact) mass is 424 g/mol. The van der Waals surface area contributed by atoms with Gasteiger partial charge in [-0.25, -0.2) is 14.6 Å². The van der Waals surface area contributed by atoms with E-state index in [2.05, 4.69) is 22.2 Å². The standard InChI is InChI=1S/C19H29ClN6OS/c1-2-13-28-19-23-17(25-10-4-3-5-11-25)15-14-22-26(18(15)24-19)12-9-21-16(27)7-6-8-20/h14H,2-13H2,1H3,(H,21,27). The SMILES string of the molecule is CCCSc1nc(N2CCCCC2)c2cnn(CCNC(=O)CCCCl)c2n1. The number of halogens is 1. The summed E-state index contributed by atoms with van der Waals surface area (Å²) in [5.41, 5.74) is 0.851. The summed E-state index contributed by atoms with van der Waals surface area (Å²) in [5, 5.41) is 9.27. The van der Waals surface area contributed by atoms with Gasteiger partial charge in [-0.2, -0.15) is 5.10 Å². The first-order valence-corrected chi connectivity index (χ1v) is 11.7. The number of amides is 1. The van der Waals surface area contributed by atoms with Crippen LogP contribution in [0.2, 0.25) is 0 Å². The molecule has 1 N–H and O–H groups in total. The maximum absolute atomic E-state index is 11.8. The van der Waals surface area contributed by atoms with E-state index in [-0.39, 0.29) is 5.91 Å². The number of thioether (sulfide) groups is 1. The second kappa shape index (κ2) is 10.9. The van der Waals surface area contributed by atoms with E-state index in [1.165, 1.54) is 19.3 Å². The number of fused-ring (bicyclic) bond motifs is 1. The minimum absolute atomic E-state index is 0.0277. The maximum Gasteiger partial charge on any atom is 0.220 e. The smallest absolute Gasteiger partial charge is 0.220 e. The Morgan fingerprint density at radius 2 is 2.11 bits per heavy atom. The van der Waals surface area contributed by atoms with Crippen molar-refractivity contribution in [2.24, 2.45) is 0 Å². The highest BCUT2D eigenvalue weighted by Crippen LogP contribution is 2.29. The lowest BCUT2D eigenvalue weighted by atomic mass is 10.1. The first-order valence-electron chi connectivity index (χ1n) is 10.2. The predicted molar refractivity (Wildman–Crippen MR) is 115 cm³/mol. The zero-order valence-corrected chi connectivity index (χ0v) is 18.1. The molecule has 0 bridgehead atoms. The van der Waals surface area contributed by atoms with Crippen molar-refractivity contribution in [1.82, 2.24) is 25.1 Å². The van der Waals surface area contributed by atoms with E-state index in [1.54, 1.807) is 11.8 Å². The molecule has 0 aromatic carbocycles. The second-order valence-electron chi connectivity index (χ2n) is 6.97. The number of anilines is 1. The lowest BCUT2D eigenvalue weighted by Gasteiger charge is -2.28. The van der Waals surface area contributed by atoms with Crippen LogP contribution in [0.15, 0.2) is 11.4 Å². The number of piperidine rings is 1. The molecular weight excluding hydrogens is 396 g/mol. The van der Waals surface area contributed by atoms with E-state index in [4.69, 9.17) is 21.6 Å². The van der Waals surface area contributed by atoms with Crippen LogP contribution in [0.5, 0.6) is 0 Å². The fourth-order valence-electron chi connectivity index (χ4n) is 3.31. The number of carbonyl (C=O) groups excluding carboxylic acids is 1. The Balaban J connectivity index is 1.78. The third-order valence-electron chi connectivity index (χ3n) is 4.73. The molecule has 28 heavy (non-hydrogen) atoms. The van der Waals surface area contributed by atoms with Gasteiger partial charge in [0.05, 0.1) is 18.1 Å². The zero-order chi connectivity index (χ0) is 19.8. The molecule has 9 heteroatoms. The molecule has 1 amide bonds. The van der Waals surface area contributed by atoms with Crippen LogP contribution in [0.3, 0.4) is 0 Å². The molecule has 1 aliphatic rings. The summed E-state index contributed by atoms with van der Waals surface area (Å²) in [6, 6.07) is 0. The Labute approximate surface area is 175 Å². The van der Waals surface area contributed by atoms with Crippen LogP contribution < -0.4 is 10.2 Å². The molecule has 0 saturated carbocycles. The lowest BCUT2D eigenvalue weighted by molar-refractivity contribution is -0.121. The summed E-state index contributed by atoms with van der Waals surface area (Å²) in [5.74, 6) is 2.53. The van der Waals surface area contributed by atoms with Crippen molar-refractivity contribution >= 4 is 46.1 Å². The van der Waals surface area contributed by atoms with Gasteiger partial charge in [-0.05, 0) is 32.1 Å². The van der Waals surface area contributed by atoms with Gasteiger partial charge in [-0.3, -0.25) is 4.79 Å². The van der Waals surface area contributed by atoms with E-state index in [1.807, 2.05) is 10.9 Å². The predicted octanol–water partition coefficient (Wildman–Crippen LogP) is 3.45. The third-order valence-corrected chi connectivity index (χ3v) is 6.05. The van der Waals surface area contributed by atoms with Crippen LogP contribution >= 0.6 is 23.4 Å². The second-order valence-corrected chi connectivity index (χ2v) is 8.41. The van der Waals surface area contributed by atoms with Gasteiger partial charge in [0, 0.05) is 37.7 Å². The number of rotatable bonds is 10. The largest absolute Gasteiger partial charge is 0.356 e.